The molecule has 0 aromatic carbocycles. The summed E-state index contributed by atoms with van der Waals surface area (Å²) in [4.78, 5) is 15.2. The van der Waals surface area contributed by atoms with E-state index in [0.717, 1.165) is 4.57 Å². The third kappa shape index (κ3) is 1.74. The number of nitrogens with two attached hydrogens (primary N) is 1. The lowest BCUT2D eigenvalue weighted by atomic mass is 10.1. The predicted molar refractivity (Wildman–Crippen MR) is 59.1 cm³/mol. The Morgan fingerprint density at radius 3 is 3.00 bits per heavy atom. The maximum absolute atomic E-state index is 11.7. The molecule has 8 nitrogen and oxygen atoms in total. The van der Waals surface area contributed by atoms with Crippen molar-refractivity contribution in [3.8, 4) is 6.07 Å². The number of hydrogen-bond acceptors (Lipinski definition) is 7. The van der Waals surface area contributed by atoms with Gasteiger partial charge in [0, 0.05) is 12.6 Å². The number of aliphatic hydroxyl groups excluding tert-OH is 2. The van der Waals surface area contributed by atoms with Crippen LogP contribution >= 0.6 is 0 Å². The van der Waals surface area contributed by atoms with Crippen molar-refractivity contribution >= 4 is 5.82 Å². The average molecular weight is 252 g/mol. The summed E-state index contributed by atoms with van der Waals surface area (Å²) in [6, 6.07) is 3.09. The van der Waals surface area contributed by atoms with Crippen LogP contribution in [0, 0.1) is 11.3 Å². The van der Waals surface area contributed by atoms with Crippen LogP contribution in [0.15, 0.2) is 17.1 Å². The van der Waals surface area contributed by atoms with E-state index in [-0.39, 0.29) is 18.8 Å². The summed E-state index contributed by atoms with van der Waals surface area (Å²) in [5.74, 6) is 0.00975. The molecular formula is C10H12N4O4. The Bertz CT molecular complexity index is 552. The molecule has 0 bridgehead atoms. The van der Waals surface area contributed by atoms with Crippen LogP contribution in [0.3, 0.4) is 0 Å². The number of nitriles is 1. The van der Waals surface area contributed by atoms with Crippen LogP contribution in [0.25, 0.3) is 0 Å². The van der Waals surface area contributed by atoms with Crippen molar-refractivity contribution in [2.75, 3.05) is 12.3 Å². The minimum Gasteiger partial charge on any atom is -0.394 e. The van der Waals surface area contributed by atoms with Gasteiger partial charge in [-0.1, -0.05) is 0 Å². The first-order valence-corrected chi connectivity index (χ1v) is 5.27. The van der Waals surface area contributed by atoms with Crippen LogP contribution in [0.4, 0.5) is 5.82 Å². The highest BCUT2D eigenvalue weighted by Crippen LogP contribution is 2.33. The molecule has 1 aliphatic heterocycles. The number of aromatic nitrogens is 2. The second-order valence-electron chi connectivity index (χ2n) is 3.99. The first-order valence-electron chi connectivity index (χ1n) is 5.27. The highest BCUT2D eigenvalue weighted by molar-refractivity contribution is 5.25. The third-order valence-electron chi connectivity index (χ3n) is 2.83. The molecule has 0 aliphatic carbocycles. The van der Waals surface area contributed by atoms with Crippen LogP contribution < -0.4 is 11.4 Å². The van der Waals surface area contributed by atoms with Gasteiger partial charge in [-0.05, 0) is 6.07 Å². The molecule has 1 aliphatic rings. The average Bonchev–Trinajstić information content (AvgIpc) is 2.67. The van der Waals surface area contributed by atoms with Crippen molar-refractivity contribution < 1.29 is 14.9 Å². The van der Waals surface area contributed by atoms with Crippen LogP contribution in [-0.2, 0) is 10.5 Å². The SMILES string of the molecule is N#C[C@@]1(n2ccc(N)nc2=O)O[C@H](CO)CC1O. The molecule has 2 heterocycles. The molecular weight excluding hydrogens is 240 g/mol. The quantitative estimate of drug-likeness (QED) is 0.562. The molecule has 4 N–H and O–H groups in total. The Morgan fingerprint density at radius 1 is 1.78 bits per heavy atom. The topological polar surface area (TPSA) is 134 Å². The zero-order valence-electron chi connectivity index (χ0n) is 9.35. The van der Waals surface area contributed by atoms with Gasteiger partial charge < -0.3 is 20.7 Å². The van der Waals surface area contributed by atoms with E-state index >= 15 is 0 Å². The predicted octanol–water partition coefficient (Wildman–Crippen LogP) is -1.86. The first kappa shape index (κ1) is 12.5. The first-order chi connectivity index (χ1) is 8.53. The number of rotatable bonds is 2. The molecule has 3 atom stereocenters. The van der Waals surface area contributed by atoms with Gasteiger partial charge in [0.2, 0.25) is 0 Å². The normalized spacial score (nSPS) is 31.2. The Hall–Kier alpha value is -1.95. The van der Waals surface area contributed by atoms with E-state index in [2.05, 4.69) is 4.98 Å². The Morgan fingerprint density at radius 2 is 2.50 bits per heavy atom. The van der Waals surface area contributed by atoms with Crippen LogP contribution in [0.2, 0.25) is 0 Å². The Labute approximate surface area is 102 Å². The lowest BCUT2D eigenvalue weighted by molar-refractivity contribution is -0.109. The lowest BCUT2D eigenvalue weighted by Gasteiger charge is -2.26. The molecule has 1 saturated heterocycles. The monoisotopic (exact) mass is 252 g/mol. The van der Waals surface area contributed by atoms with Gasteiger partial charge in [0.15, 0.2) is 0 Å². The lowest BCUT2D eigenvalue weighted by Crippen LogP contribution is -2.47. The fourth-order valence-corrected chi connectivity index (χ4v) is 1.94. The number of ether oxygens (including phenoxy) is 1. The van der Waals surface area contributed by atoms with Crippen LogP contribution in [0.5, 0.6) is 0 Å². The largest absolute Gasteiger partial charge is 0.394 e. The number of aliphatic hydroxyl groups is 2. The molecule has 0 radical (unpaired) electrons. The van der Waals surface area contributed by atoms with E-state index < -0.39 is 23.6 Å². The molecule has 1 unspecified atom stereocenters. The standard InChI is InChI=1S/C10H12N4O4/c11-5-10(7(16)3-6(4-15)18-10)14-2-1-8(12)13-9(14)17/h1-2,6-7,15-16H,3-4H2,(H2,12,13,17)/t6-,7?,10+/m0/s1. The maximum atomic E-state index is 11.7. The maximum Gasteiger partial charge on any atom is 0.352 e. The summed E-state index contributed by atoms with van der Waals surface area (Å²) in [5, 5.41) is 28.1. The molecule has 2 rings (SSSR count). The van der Waals surface area contributed by atoms with E-state index in [1.807, 2.05) is 0 Å². The van der Waals surface area contributed by atoms with E-state index in [4.69, 9.17) is 15.6 Å². The number of hydrogen-bond donors (Lipinski definition) is 3. The second-order valence-corrected chi connectivity index (χ2v) is 3.99. The van der Waals surface area contributed by atoms with Crippen molar-refractivity contribution in [1.82, 2.24) is 9.55 Å². The van der Waals surface area contributed by atoms with Crippen molar-refractivity contribution in [3.63, 3.8) is 0 Å². The van der Waals surface area contributed by atoms with Crippen molar-refractivity contribution in [2.45, 2.75) is 24.4 Å². The van der Waals surface area contributed by atoms with Gasteiger partial charge in [-0.2, -0.15) is 10.2 Å². The second kappa shape index (κ2) is 4.38. The van der Waals surface area contributed by atoms with Gasteiger partial charge in [-0.15, -0.1) is 0 Å². The van der Waals surface area contributed by atoms with E-state index in [0.29, 0.717) is 0 Å². The smallest absolute Gasteiger partial charge is 0.352 e. The fourth-order valence-electron chi connectivity index (χ4n) is 1.94. The molecule has 1 aromatic heterocycles. The van der Waals surface area contributed by atoms with Crippen molar-refractivity contribution in [1.29, 1.82) is 5.26 Å². The number of nitrogens with zero attached hydrogens (tertiary/aromatic N) is 3. The van der Waals surface area contributed by atoms with E-state index in [9.17, 15) is 15.2 Å². The van der Waals surface area contributed by atoms with Gasteiger partial charge >= 0.3 is 5.69 Å². The molecule has 1 fully saturated rings. The molecule has 0 spiro atoms. The van der Waals surface area contributed by atoms with Crippen LogP contribution in [-0.4, -0.2) is 38.6 Å². The minimum atomic E-state index is -1.87. The highest BCUT2D eigenvalue weighted by Gasteiger charge is 2.51. The van der Waals surface area contributed by atoms with Gasteiger partial charge in [0.25, 0.3) is 5.72 Å². The molecule has 0 amide bonds. The minimum absolute atomic E-state index is 0.00975. The van der Waals surface area contributed by atoms with Gasteiger partial charge in [0.1, 0.15) is 18.0 Å². The summed E-state index contributed by atoms with van der Waals surface area (Å²) in [6.45, 7) is -0.350. The summed E-state index contributed by atoms with van der Waals surface area (Å²) >= 11 is 0. The molecule has 96 valence electrons. The van der Waals surface area contributed by atoms with Gasteiger partial charge in [0.05, 0.1) is 12.7 Å². The third-order valence-corrected chi connectivity index (χ3v) is 2.83. The van der Waals surface area contributed by atoms with Gasteiger partial charge in [-0.25, -0.2) is 4.79 Å². The molecule has 18 heavy (non-hydrogen) atoms. The number of nitrogen functional groups attached to an aromatic ring is 1. The molecule has 8 heteroatoms. The summed E-state index contributed by atoms with van der Waals surface area (Å²) in [5.41, 5.74) is 2.68. The van der Waals surface area contributed by atoms with Gasteiger partial charge in [-0.3, -0.25) is 4.57 Å². The van der Waals surface area contributed by atoms with E-state index in [1.54, 1.807) is 6.07 Å². The molecule has 0 saturated carbocycles. The van der Waals surface area contributed by atoms with E-state index in [1.165, 1.54) is 12.3 Å². The Balaban J connectivity index is 2.52. The van der Waals surface area contributed by atoms with Crippen molar-refractivity contribution in [2.24, 2.45) is 0 Å². The van der Waals surface area contributed by atoms with Crippen LogP contribution in [0.1, 0.15) is 6.42 Å². The molecule has 1 aromatic rings. The summed E-state index contributed by atoms with van der Waals surface area (Å²) in [6.07, 6.45) is -0.649. The number of anilines is 1. The van der Waals surface area contributed by atoms with Crippen molar-refractivity contribution in [3.05, 3.63) is 22.7 Å². The highest BCUT2D eigenvalue weighted by atomic mass is 16.6. The Kier molecular flexibility index (Phi) is 3.04. The summed E-state index contributed by atoms with van der Waals surface area (Å²) in [7, 11) is 0. The summed E-state index contributed by atoms with van der Waals surface area (Å²) < 4.78 is 6.17. The fraction of sp³-hybridized carbons (Fsp3) is 0.500. The zero-order chi connectivity index (χ0) is 13.3. The zero-order valence-corrected chi connectivity index (χ0v) is 9.35.